The first-order chi connectivity index (χ1) is 11.0. The van der Waals surface area contributed by atoms with Crippen LogP contribution in [0.15, 0.2) is 36.4 Å². The molecule has 6 nitrogen and oxygen atoms in total. The maximum absolute atomic E-state index is 14.0. The Morgan fingerprint density at radius 1 is 1.22 bits per heavy atom. The summed E-state index contributed by atoms with van der Waals surface area (Å²) < 4.78 is 15.5. The van der Waals surface area contributed by atoms with Crippen LogP contribution in [0.2, 0.25) is 0 Å². The van der Waals surface area contributed by atoms with Gasteiger partial charge in [0.15, 0.2) is 11.5 Å². The monoisotopic (exact) mass is 315 g/mol. The molecule has 0 bridgehead atoms. The van der Waals surface area contributed by atoms with Crippen molar-refractivity contribution in [3.63, 3.8) is 0 Å². The number of hydrogen-bond acceptors (Lipinski definition) is 5. The van der Waals surface area contributed by atoms with Crippen LogP contribution in [0, 0.1) is 5.82 Å². The van der Waals surface area contributed by atoms with Crippen LogP contribution in [0.3, 0.4) is 0 Å². The smallest absolute Gasteiger partial charge is 0.188 e. The zero-order valence-corrected chi connectivity index (χ0v) is 13.0. The number of aliphatic hydroxyl groups is 1. The molecule has 2 N–H and O–H groups in total. The van der Waals surface area contributed by atoms with Crippen LogP contribution in [0.1, 0.15) is 20.3 Å². The van der Waals surface area contributed by atoms with Crippen LogP contribution in [-0.4, -0.2) is 37.1 Å². The van der Waals surface area contributed by atoms with Gasteiger partial charge >= 0.3 is 0 Å². The summed E-state index contributed by atoms with van der Waals surface area (Å²) in [6.07, 6.45) is 0.620. The van der Waals surface area contributed by atoms with Crippen LogP contribution in [0.25, 0.3) is 17.0 Å². The number of fused-ring (bicyclic) bond motifs is 1. The Kier molecular flexibility index (Phi) is 3.96. The molecule has 0 saturated heterocycles. The second-order valence-electron chi connectivity index (χ2n) is 5.70. The van der Waals surface area contributed by atoms with E-state index in [-0.39, 0.29) is 5.82 Å². The fourth-order valence-corrected chi connectivity index (χ4v) is 2.10. The first-order valence-corrected chi connectivity index (χ1v) is 7.44. The number of nitrogens with zero attached hydrogens (tertiary/aromatic N) is 4. The minimum atomic E-state index is -0.821. The first kappa shape index (κ1) is 15.4. The second-order valence-corrected chi connectivity index (χ2v) is 5.70. The Morgan fingerprint density at radius 2 is 2.00 bits per heavy atom. The number of nitrogens with one attached hydrogen (secondary N) is 1. The average molecular weight is 315 g/mol. The molecule has 3 rings (SSSR count). The molecular formula is C16H18FN5O. The van der Waals surface area contributed by atoms with E-state index < -0.39 is 5.60 Å². The number of hydrogen-bond donors (Lipinski definition) is 2. The predicted molar refractivity (Wildman–Crippen MR) is 85.6 cm³/mol. The minimum absolute atomic E-state index is 0.337. The van der Waals surface area contributed by atoms with E-state index in [9.17, 15) is 9.50 Å². The van der Waals surface area contributed by atoms with Crippen LogP contribution in [0.5, 0.6) is 0 Å². The van der Waals surface area contributed by atoms with Gasteiger partial charge in [-0.15, -0.1) is 15.3 Å². The molecule has 23 heavy (non-hydrogen) atoms. The minimum Gasteiger partial charge on any atom is -0.388 e. The lowest BCUT2D eigenvalue weighted by atomic mass is 10.0. The zero-order valence-electron chi connectivity index (χ0n) is 13.0. The van der Waals surface area contributed by atoms with Gasteiger partial charge in [0.05, 0.1) is 11.2 Å². The summed E-state index contributed by atoms with van der Waals surface area (Å²) in [5.41, 5.74) is 0.0410. The molecule has 7 heteroatoms. The van der Waals surface area contributed by atoms with Gasteiger partial charge in [-0.05, 0) is 37.6 Å². The summed E-state index contributed by atoms with van der Waals surface area (Å²) >= 11 is 0. The lowest BCUT2D eigenvalue weighted by molar-refractivity contribution is 0.0696. The lowest BCUT2D eigenvalue weighted by Crippen LogP contribution is -2.32. The largest absolute Gasteiger partial charge is 0.388 e. The van der Waals surface area contributed by atoms with Crippen molar-refractivity contribution in [2.45, 2.75) is 25.9 Å². The Labute approximate surface area is 133 Å². The average Bonchev–Trinajstić information content (AvgIpc) is 2.96. The molecule has 120 valence electrons. The summed E-state index contributed by atoms with van der Waals surface area (Å²) in [5.74, 6) is 0.517. The van der Waals surface area contributed by atoms with Crippen molar-refractivity contribution in [3.8, 4) is 11.4 Å². The molecule has 2 aromatic heterocycles. The number of anilines is 1. The Bertz CT molecular complexity index is 830. The van der Waals surface area contributed by atoms with Crippen molar-refractivity contribution in [2.75, 3.05) is 11.9 Å². The van der Waals surface area contributed by atoms with Gasteiger partial charge < -0.3 is 10.4 Å². The molecule has 0 aliphatic carbocycles. The Hall–Kier alpha value is -2.54. The van der Waals surface area contributed by atoms with Gasteiger partial charge in [-0.25, -0.2) is 4.39 Å². The number of benzene rings is 1. The summed E-state index contributed by atoms with van der Waals surface area (Å²) in [6, 6.07) is 9.86. The van der Waals surface area contributed by atoms with Gasteiger partial charge in [0.2, 0.25) is 0 Å². The summed E-state index contributed by atoms with van der Waals surface area (Å²) in [6.45, 7) is 4.02. The molecule has 0 saturated carbocycles. The predicted octanol–water partition coefficient (Wildman–Crippen LogP) is 2.50. The number of aromatic nitrogens is 4. The van der Waals surface area contributed by atoms with Gasteiger partial charge in [-0.3, -0.25) is 0 Å². The van der Waals surface area contributed by atoms with E-state index in [0.717, 1.165) is 0 Å². The molecule has 0 amide bonds. The van der Waals surface area contributed by atoms with Gasteiger partial charge in [0, 0.05) is 6.54 Å². The fourth-order valence-electron chi connectivity index (χ4n) is 2.10. The van der Waals surface area contributed by atoms with Crippen molar-refractivity contribution >= 4 is 11.5 Å². The molecule has 0 aliphatic rings. The highest BCUT2D eigenvalue weighted by atomic mass is 19.1. The van der Waals surface area contributed by atoms with Crippen LogP contribution >= 0.6 is 0 Å². The molecule has 0 spiro atoms. The third kappa shape index (κ3) is 3.14. The molecule has 3 aromatic rings. The summed E-state index contributed by atoms with van der Waals surface area (Å²) in [4.78, 5) is 0. The van der Waals surface area contributed by atoms with Crippen molar-refractivity contribution in [3.05, 3.63) is 42.2 Å². The van der Waals surface area contributed by atoms with Crippen molar-refractivity contribution in [2.24, 2.45) is 0 Å². The highest BCUT2D eigenvalue weighted by Crippen LogP contribution is 2.21. The molecule has 1 atom stereocenters. The fraction of sp³-hybridized carbons (Fsp3) is 0.312. The molecule has 1 aromatic carbocycles. The van der Waals surface area contributed by atoms with E-state index >= 15 is 0 Å². The molecular weight excluding hydrogens is 297 g/mol. The van der Waals surface area contributed by atoms with E-state index in [2.05, 4.69) is 20.6 Å². The van der Waals surface area contributed by atoms with E-state index in [4.69, 9.17) is 0 Å². The topological polar surface area (TPSA) is 75.3 Å². The van der Waals surface area contributed by atoms with Crippen molar-refractivity contribution in [1.29, 1.82) is 0 Å². The highest BCUT2D eigenvalue weighted by molar-refractivity contribution is 5.60. The third-order valence-corrected chi connectivity index (χ3v) is 3.79. The van der Waals surface area contributed by atoms with Crippen molar-refractivity contribution in [1.82, 2.24) is 19.8 Å². The third-order valence-electron chi connectivity index (χ3n) is 3.79. The maximum atomic E-state index is 14.0. The van der Waals surface area contributed by atoms with Gasteiger partial charge in [0.1, 0.15) is 11.6 Å². The molecule has 0 aliphatic heterocycles. The van der Waals surface area contributed by atoms with E-state index in [1.54, 1.807) is 37.3 Å². The highest BCUT2D eigenvalue weighted by Gasteiger charge is 2.18. The molecule has 0 radical (unpaired) electrons. The molecule has 1 unspecified atom stereocenters. The van der Waals surface area contributed by atoms with E-state index in [1.165, 1.54) is 10.6 Å². The van der Waals surface area contributed by atoms with E-state index in [0.29, 0.717) is 35.8 Å². The number of rotatable bonds is 5. The lowest BCUT2D eigenvalue weighted by Gasteiger charge is -2.21. The van der Waals surface area contributed by atoms with E-state index in [1.807, 2.05) is 6.92 Å². The number of halogens is 1. The second kappa shape index (κ2) is 5.92. The maximum Gasteiger partial charge on any atom is 0.188 e. The van der Waals surface area contributed by atoms with Gasteiger partial charge in [0.25, 0.3) is 0 Å². The summed E-state index contributed by atoms with van der Waals surface area (Å²) in [5, 5.41) is 25.6. The Morgan fingerprint density at radius 3 is 2.74 bits per heavy atom. The van der Waals surface area contributed by atoms with Crippen molar-refractivity contribution < 1.29 is 9.50 Å². The standard InChI is InChI=1S/C16H18FN5O/c1-3-16(2,23)10-18-13-8-9-14-19-20-15(22(14)21-13)11-6-4-5-7-12(11)17/h4-9,23H,3,10H2,1-2H3,(H,18,21). The first-order valence-electron chi connectivity index (χ1n) is 7.44. The van der Waals surface area contributed by atoms with Crippen LogP contribution < -0.4 is 5.32 Å². The SMILES string of the molecule is CCC(C)(O)CNc1ccc2nnc(-c3ccccc3F)n2n1. The normalized spacial score (nSPS) is 13.9. The quantitative estimate of drug-likeness (QED) is 0.756. The van der Waals surface area contributed by atoms with Crippen LogP contribution in [-0.2, 0) is 0 Å². The Balaban J connectivity index is 1.96. The molecule has 2 heterocycles. The van der Waals surface area contributed by atoms with Crippen LogP contribution in [0.4, 0.5) is 10.2 Å². The summed E-state index contributed by atoms with van der Waals surface area (Å²) in [7, 11) is 0. The van der Waals surface area contributed by atoms with Gasteiger partial charge in [-0.2, -0.15) is 4.52 Å². The zero-order chi connectivity index (χ0) is 16.4. The molecule has 0 fully saturated rings. The van der Waals surface area contributed by atoms with Gasteiger partial charge in [-0.1, -0.05) is 19.1 Å².